The van der Waals surface area contributed by atoms with Crippen LogP contribution in [0.25, 0.3) is 0 Å². The number of carboxylic acids is 1. The van der Waals surface area contributed by atoms with Crippen LogP contribution < -0.4 is 0 Å². The maximum absolute atomic E-state index is 10.9. The van der Waals surface area contributed by atoms with E-state index in [-0.39, 0.29) is 0 Å². The molecule has 3 nitrogen and oxygen atoms in total. The van der Waals surface area contributed by atoms with Crippen LogP contribution in [0.1, 0.15) is 45.4 Å². The first-order valence-electron chi connectivity index (χ1n) is 5.05. The molecule has 3 heteroatoms. The van der Waals surface area contributed by atoms with Gasteiger partial charge >= 0.3 is 5.97 Å². The van der Waals surface area contributed by atoms with Crippen LogP contribution in [0.3, 0.4) is 0 Å². The van der Waals surface area contributed by atoms with Gasteiger partial charge in [0.1, 0.15) is 0 Å². The quantitative estimate of drug-likeness (QED) is 0.703. The Morgan fingerprint density at radius 1 is 1.46 bits per heavy atom. The lowest BCUT2D eigenvalue weighted by molar-refractivity contribution is -0.152. The molecule has 1 aliphatic carbocycles. The van der Waals surface area contributed by atoms with Crippen LogP contribution in [0.4, 0.5) is 0 Å². The highest BCUT2D eigenvalue weighted by Gasteiger charge is 2.42. The van der Waals surface area contributed by atoms with Gasteiger partial charge in [-0.3, -0.25) is 4.79 Å². The minimum absolute atomic E-state index is 0.556. The molecule has 1 aliphatic rings. The van der Waals surface area contributed by atoms with E-state index >= 15 is 0 Å². The van der Waals surface area contributed by atoms with Gasteiger partial charge in [-0.05, 0) is 19.3 Å². The number of carbonyl (C=O) groups is 1. The van der Waals surface area contributed by atoms with Crippen LogP contribution in [-0.4, -0.2) is 21.8 Å². The molecule has 0 heterocycles. The minimum Gasteiger partial charge on any atom is -0.481 e. The summed E-state index contributed by atoms with van der Waals surface area (Å²) >= 11 is 0. The first-order chi connectivity index (χ1) is 6.10. The van der Waals surface area contributed by atoms with E-state index in [1.165, 1.54) is 0 Å². The number of aliphatic hydroxyl groups is 1. The van der Waals surface area contributed by atoms with E-state index in [1.54, 1.807) is 0 Å². The molecule has 1 fully saturated rings. The number of hydrogen-bond acceptors (Lipinski definition) is 2. The molecule has 76 valence electrons. The lowest BCUT2D eigenvalue weighted by atomic mass is 9.83. The van der Waals surface area contributed by atoms with Gasteiger partial charge in [0.15, 0.2) is 0 Å². The molecule has 0 amide bonds. The molecule has 1 saturated carbocycles. The van der Waals surface area contributed by atoms with E-state index in [4.69, 9.17) is 5.11 Å². The molecule has 1 rings (SSSR count). The van der Waals surface area contributed by atoms with Crippen molar-refractivity contribution in [2.75, 3.05) is 0 Å². The fourth-order valence-electron chi connectivity index (χ4n) is 2.25. The Kier molecular flexibility index (Phi) is 3.31. The lowest BCUT2D eigenvalue weighted by Crippen LogP contribution is -2.39. The number of rotatable bonds is 4. The molecule has 0 spiro atoms. The SMILES string of the molecule is CCCC(C(=O)O)C1(O)CCCC1. The Balaban J connectivity index is 2.67. The molecule has 13 heavy (non-hydrogen) atoms. The van der Waals surface area contributed by atoms with Crippen molar-refractivity contribution in [2.45, 2.75) is 51.0 Å². The molecule has 0 aromatic carbocycles. The average Bonchev–Trinajstić information content (AvgIpc) is 2.48. The molecule has 0 aromatic rings. The molecule has 1 atom stereocenters. The largest absolute Gasteiger partial charge is 0.481 e. The second-order valence-electron chi connectivity index (χ2n) is 3.99. The molecule has 0 aliphatic heterocycles. The minimum atomic E-state index is -0.915. The fraction of sp³-hybridized carbons (Fsp3) is 0.900. The van der Waals surface area contributed by atoms with Crippen molar-refractivity contribution in [1.29, 1.82) is 0 Å². The average molecular weight is 186 g/mol. The van der Waals surface area contributed by atoms with Gasteiger partial charge in [0.2, 0.25) is 0 Å². The third-order valence-corrected chi connectivity index (χ3v) is 2.99. The Hall–Kier alpha value is -0.570. The van der Waals surface area contributed by atoms with Crippen LogP contribution in [0.5, 0.6) is 0 Å². The summed E-state index contributed by atoms with van der Waals surface area (Å²) in [6.07, 6.45) is 4.65. The topological polar surface area (TPSA) is 57.5 Å². The van der Waals surface area contributed by atoms with E-state index in [0.29, 0.717) is 19.3 Å². The van der Waals surface area contributed by atoms with Crippen molar-refractivity contribution in [1.82, 2.24) is 0 Å². The van der Waals surface area contributed by atoms with E-state index in [2.05, 4.69) is 0 Å². The van der Waals surface area contributed by atoms with Gasteiger partial charge in [-0.25, -0.2) is 0 Å². The van der Waals surface area contributed by atoms with Gasteiger partial charge in [0.05, 0.1) is 11.5 Å². The summed E-state index contributed by atoms with van der Waals surface area (Å²) < 4.78 is 0. The maximum Gasteiger partial charge on any atom is 0.309 e. The van der Waals surface area contributed by atoms with E-state index < -0.39 is 17.5 Å². The summed E-state index contributed by atoms with van der Waals surface area (Å²) in [7, 11) is 0. The predicted octanol–water partition coefficient (Wildman–Crippen LogP) is 1.79. The summed E-state index contributed by atoms with van der Waals surface area (Å²) in [5.74, 6) is -1.40. The van der Waals surface area contributed by atoms with Crippen molar-refractivity contribution in [3.8, 4) is 0 Å². The summed E-state index contributed by atoms with van der Waals surface area (Å²) in [4.78, 5) is 10.9. The fourth-order valence-corrected chi connectivity index (χ4v) is 2.25. The van der Waals surface area contributed by atoms with Crippen molar-refractivity contribution in [3.05, 3.63) is 0 Å². The first-order valence-corrected chi connectivity index (χ1v) is 5.05. The Bertz CT molecular complexity index is 183. The molecule has 1 unspecified atom stereocenters. The van der Waals surface area contributed by atoms with Crippen LogP contribution in [0, 0.1) is 5.92 Å². The Morgan fingerprint density at radius 2 is 2.00 bits per heavy atom. The van der Waals surface area contributed by atoms with E-state index in [1.807, 2.05) is 6.92 Å². The van der Waals surface area contributed by atoms with Crippen molar-refractivity contribution < 1.29 is 15.0 Å². The highest BCUT2D eigenvalue weighted by atomic mass is 16.4. The normalized spacial score (nSPS) is 22.9. The van der Waals surface area contributed by atoms with Gasteiger partial charge in [-0.2, -0.15) is 0 Å². The smallest absolute Gasteiger partial charge is 0.309 e. The van der Waals surface area contributed by atoms with Crippen LogP contribution in [-0.2, 0) is 4.79 Å². The Morgan fingerprint density at radius 3 is 2.38 bits per heavy atom. The maximum atomic E-state index is 10.9. The van der Waals surface area contributed by atoms with Crippen LogP contribution >= 0.6 is 0 Å². The lowest BCUT2D eigenvalue weighted by Gasteiger charge is -2.29. The number of aliphatic carboxylic acids is 1. The summed E-state index contributed by atoms with van der Waals surface area (Å²) in [5.41, 5.74) is -0.915. The number of hydrogen-bond donors (Lipinski definition) is 2. The predicted molar refractivity (Wildman–Crippen MR) is 49.5 cm³/mol. The molecular weight excluding hydrogens is 168 g/mol. The van der Waals surface area contributed by atoms with Crippen LogP contribution in [0.2, 0.25) is 0 Å². The third-order valence-electron chi connectivity index (χ3n) is 2.99. The third kappa shape index (κ3) is 2.21. The monoisotopic (exact) mass is 186 g/mol. The van der Waals surface area contributed by atoms with Gasteiger partial charge < -0.3 is 10.2 Å². The molecule has 0 aromatic heterocycles. The standard InChI is InChI=1S/C10H18O3/c1-2-5-8(9(11)12)10(13)6-3-4-7-10/h8,13H,2-7H2,1H3,(H,11,12). The zero-order chi connectivity index (χ0) is 9.90. The summed E-state index contributed by atoms with van der Waals surface area (Å²) in [5, 5.41) is 19.0. The second kappa shape index (κ2) is 4.09. The second-order valence-corrected chi connectivity index (χ2v) is 3.99. The van der Waals surface area contributed by atoms with E-state index in [9.17, 15) is 9.90 Å². The van der Waals surface area contributed by atoms with Crippen molar-refractivity contribution >= 4 is 5.97 Å². The van der Waals surface area contributed by atoms with Crippen LogP contribution in [0.15, 0.2) is 0 Å². The molecule has 2 N–H and O–H groups in total. The first kappa shape index (κ1) is 10.5. The summed E-state index contributed by atoms with van der Waals surface area (Å²) in [6, 6.07) is 0. The van der Waals surface area contributed by atoms with Gasteiger partial charge in [-0.15, -0.1) is 0 Å². The zero-order valence-electron chi connectivity index (χ0n) is 8.12. The van der Waals surface area contributed by atoms with Gasteiger partial charge in [-0.1, -0.05) is 26.2 Å². The zero-order valence-corrected chi connectivity index (χ0v) is 8.12. The highest BCUT2D eigenvalue weighted by Crippen LogP contribution is 2.38. The molecule has 0 saturated heterocycles. The number of carboxylic acid groups (broad SMARTS) is 1. The highest BCUT2D eigenvalue weighted by molar-refractivity contribution is 5.71. The molecule has 0 radical (unpaired) electrons. The van der Waals surface area contributed by atoms with Crippen molar-refractivity contribution in [2.24, 2.45) is 5.92 Å². The van der Waals surface area contributed by atoms with Gasteiger partial charge in [0.25, 0.3) is 0 Å². The summed E-state index contributed by atoms with van der Waals surface area (Å²) in [6.45, 7) is 1.95. The van der Waals surface area contributed by atoms with Gasteiger partial charge in [0, 0.05) is 0 Å². The van der Waals surface area contributed by atoms with E-state index in [0.717, 1.165) is 19.3 Å². The Labute approximate surface area is 78.8 Å². The molecular formula is C10H18O3. The van der Waals surface area contributed by atoms with Crippen molar-refractivity contribution in [3.63, 3.8) is 0 Å². The molecule has 0 bridgehead atoms.